The van der Waals surface area contributed by atoms with Crippen molar-refractivity contribution >= 4 is 35.3 Å². The lowest BCUT2D eigenvalue weighted by molar-refractivity contribution is -0.143. The van der Waals surface area contributed by atoms with Crippen LogP contribution >= 0.6 is 11.6 Å². The van der Waals surface area contributed by atoms with E-state index in [9.17, 15) is 14.4 Å². The summed E-state index contributed by atoms with van der Waals surface area (Å²) in [6, 6.07) is 8.52. The SMILES string of the molecule is CCOC(=O)CCCN(C(=O)c1cc(Cl)cc(OCCN(C(=O)OC(C)(C)C)c2ccncc2)c1)C1CCCC1. The van der Waals surface area contributed by atoms with Gasteiger partial charge in [0.15, 0.2) is 0 Å². The second-order valence-electron chi connectivity index (χ2n) is 10.7. The summed E-state index contributed by atoms with van der Waals surface area (Å²) in [6.45, 7) is 8.35. The smallest absolute Gasteiger partial charge is 0.414 e. The van der Waals surface area contributed by atoms with Gasteiger partial charge in [0.1, 0.15) is 18.0 Å². The molecule has 0 saturated heterocycles. The van der Waals surface area contributed by atoms with Gasteiger partial charge < -0.3 is 19.1 Å². The van der Waals surface area contributed by atoms with Crippen molar-refractivity contribution in [2.75, 3.05) is 31.2 Å². The molecule has 3 rings (SSSR count). The van der Waals surface area contributed by atoms with Crippen molar-refractivity contribution < 1.29 is 28.6 Å². The van der Waals surface area contributed by atoms with E-state index < -0.39 is 11.7 Å². The maximum absolute atomic E-state index is 13.6. The average molecular weight is 574 g/mol. The van der Waals surface area contributed by atoms with Gasteiger partial charge in [-0.3, -0.25) is 19.5 Å². The summed E-state index contributed by atoms with van der Waals surface area (Å²) in [5.41, 5.74) is 0.390. The Bertz CT molecular complexity index is 1130. The first-order valence-electron chi connectivity index (χ1n) is 13.9. The largest absolute Gasteiger partial charge is 0.492 e. The Morgan fingerprint density at radius 3 is 2.40 bits per heavy atom. The zero-order valence-electron chi connectivity index (χ0n) is 23.9. The van der Waals surface area contributed by atoms with Crippen LogP contribution in [0, 0.1) is 0 Å². The van der Waals surface area contributed by atoms with Gasteiger partial charge in [0, 0.05) is 42.0 Å². The van der Waals surface area contributed by atoms with Crippen LogP contribution in [0.4, 0.5) is 10.5 Å². The van der Waals surface area contributed by atoms with Crippen molar-refractivity contribution in [3.8, 4) is 5.75 Å². The van der Waals surface area contributed by atoms with E-state index in [2.05, 4.69) is 4.98 Å². The number of rotatable bonds is 12. The van der Waals surface area contributed by atoms with E-state index in [1.165, 1.54) is 4.90 Å². The maximum atomic E-state index is 13.6. The van der Waals surface area contributed by atoms with E-state index in [0.717, 1.165) is 25.7 Å². The molecule has 9 nitrogen and oxygen atoms in total. The number of amides is 2. The molecule has 1 aromatic heterocycles. The number of nitrogens with zero attached hydrogens (tertiary/aromatic N) is 3. The van der Waals surface area contributed by atoms with Crippen LogP contribution in [0.5, 0.6) is 5.75 Å². The molecule has 10 heteroatoms. The molecule has 1 aliphatic rings. The predicted octanol–water partition coefficient (Wildman–Crippen LogP) is 6.28. The van der Waals surface area contributed by atoms with Crippen molar-refractivity contribution in [1.82, 2.24) is 9.88 Å². The van der Waals surface area contributed by atoms with E-state index in [0.29, 0.717) is 41.6 Å². The molecule has 0 spiro atoms. The molecule has 0 bridgehead atoms. The van der Waals surface area contributed by atoms with Crippen molar-refractivity contribution in [3.63, 3.8) is 0 Å². The molecule has 1 heterocycles. The quantitative estimate of drug-likeness (QED) is 0.275. The molecule has 40 heavy (non-hydrogen) atoms. The Kier molecular flexibility index (Phi) is 11.6. The van der Waals surface area contributed by atoms with Crippen LogP contribution in [0.3, 0.4) is 0 Å². The summed E-state index contributed by atoms with van der Waals surface area (Å²) in [5, 5.41) is 0.372. The molecule has 1 fully saturated rings. The van der Waals surface area contributed by atoms with Gasteiger partial charge in [-0.05, 0) is 77.3 Å². The molecule has 218 valence electrons. The number of benzene rings is 1. The molecule has 0 atom stereocenters. The standard InChI is InChI=1S/C30H40ClN3O6/c1-5-38-27(35)11-8-16-33(24-9-6-7-10-24)28(36)22-19-23(31)21-26(20-22)39-18-17-34(25-12-14-32-15-13-25)29(37)40-30(2,3)4/h12-15,19-21,24H,5-11,16-18H2,1-4H3. The third-order valence-corrected chi connectivity index (χ3v) is 6.62. The van der Waals surface area contributed by atoms with E-state index in [1.807, 2.05) is 25.7 Å². The first kappa shape index (κ1) is 31.2. The lowest BCUT2D eigenvalue weighted by Gasteiger charge is -2.29. The van der Waals surface area contributed by atoms with Gasteiger partial charge in [0.05, 0.1) is 18.8 Å². The van der Waals surface area contributed by atoms with Crippen molar-refractivity contribution in [2.24, 2.45) is 0 Å². The molecule has 1 aliphatic carbocycles. The van der Waals surface area contributed by atoms with Gasteiger partial charge in [0.25, 0.3) is 5.91 Å². The first-order valence-corrected chi connectivity index (χ1v) is 14.3. The van der Waals surface area contributed by atoms with Crippen LogP contribution in [0.15, 0.2) is 42.7 Å². The van der Waals surface area contributed by atoms with Crippen LogP contribution in [0.25, 0.3) is 0 Å². The normalized spacial score (nSPS) is 13.5. The topological polar surface area (TPSA) is 98.3 Å². The minimum Gasteiger partial charge on any atom is -0.492 e. The average Bonchev–Trinajstić information content (AvgIpc) is 3.43. The summed E-state index contributed by atoms with van der Waals surface area (Å²) in [4.78, 5) is 45.7. The van der Waals surface area contributed by atoms with Crippen molar-refractivity contribution in [3.05, 3.63) is 53.3 Å². The number of esters is 1. The second kappa shape index (κ2) is 14.9. The minimum atomic E-state index is -0.660. The minimum absolute atomic E-state index is 0.126. The van der Waals surface area contributed by atoms with Crippen molar-refractivity contribution in [1.29, 1.82) is 0 Å². The number of carbonyl (C=O) groups is 3. The van der Waals surface area contributed by atoms with Gasteiger partial charge in [-0.25, -0.2) is 4.79 Å². The molecule has 0 radical (unpaired) electrons. The Labute approximate surface area is 241 Å². The zero-order chi connectivity index (χ0) is 29.1. The molecule has 1 aromatic carbocycles. The van der Waals surface area contributed by atoms with Crippen LogP contribution in [-0.2, 0) is 14.3 Å². The van der Waals surface area contributed by atoms with Crippen LogP contribution < -0.4 is 9.64 Å². The zero-order valence-corrected chi connectivity index (χ0v) is 24.6. The highest BCUT2D eigenvalue weighted by Gasteiger charge is 2.28. The summed E-state index contributed by atoms with van der Waals surface area (Å²) in [6.07, 6.45) is 7.51. The molecule has 2 amide bonds. The number of ether oxygens (including phenoxy) is 3. The summed E-state index contributed by atoms with van der Waals surface area (Å²) in [7, 11) is 0. The second-order valence-corrected chi connectivity index (χ2v) is 11.1. The van der Waals surface area contributed by atoms with Gasteiger partial charge in [0.2, 0.25) is 0 Å². The van der Waals surface area contributed by atoms with Gasteiger partial charge in [-0.15, -0.1) is 0 Å². The third kappa shape index (κ3) is 9.70. The molecule has 2 aromatic rings. The number of halogens is 1. The molecule has 0 N–H and O–H groups in total. The number of anilines is 1. The monoisotopic (exact) mass is 573 g/mol. The Morgan fingerprint density at radius 1 is 1.05 bits per heavy atom. The van der Waals surface area contributed by atoms with Crippen molar-refractivity contribution in [2.45, 2.75) is 77.9 Å². The maximum Gasteiger partial charge on any atom is 0.414 e. The van der Waals surface area contributed by atoms with Gasteiger partial charge in [-0.1, -0.05) is 24.4 Å². The van der Waals surface area contributed by atoms with Gasteiger partial charge in [-0.2, -0.15) is 0 Å². The Balaban J connectivity index is 1.70. The highest BCUT2D eigenvalue weighted by molar-refractivity contribution is 6.31. The molecule has 0 aliphatic heterocycles. The fraction of sp³-hybridized carbons (Fsp3) is 0.533. The van der Waals surface area contributed by atoms with Crippen LogP contribution in [-0.4, -0.2) is 65.8 Å². The Hall–Kier alpha value is -3.33. The fourth-order valence-corrected chi connectivity index (χ4v) is 4.87. The number of hydrogen-bond acceptors (Lipinski definition) is 7. The fourth-order valence-electron chi connectivity index (χ4n) is 4.65. The summed E-state index contributed by atoms with van der Waals surface area (Å²) >= 11 is 6.40. The highest BCUT2D eigenvalue weighted by atomic mass is 35.5. The summed E-state index contributed by atoms with van der Waals surface area (Å²) in [5.74, 6) is 0.0230. The number of pyridine rings is 1. The molecular weight excluding hydrogens is 534 g/mol. The summed E-state index contributed by atoms with van der Waals surface area (Å²) < 4.78 is 16.6. The van der Waals surface area contributed by atoms with E-state index >= 15 is 0 Å². The first-order chi connectivity index (χ1) is 19.1. The lowest BCUT2D eigenvalue weighted by Crippen LogP contribution is -2.40. The molecular formula is C30H40ClN3O6. The number of hydrogen-bond donors (Lipinski definition) is 0. The van der Waals surface area contributed by atoms with E-state index in [-0.39, 0.29) is 37.5 Å². The lowest BCUT2D eigenvalue weighted by atomic mass is 10.1. The number of aromatic nitrogens is 1. The Morgan fingerprint density at radius 2 is 1.75 bits per heavy atom. The van der Waals surface area contributed by atoms with Crippen LogP contribution in [0.2, 0.25) is 5.02 Å². The van der Waals surface area contributed by atoms with E-state index in [1.54, 1.807) is 49.6 Å². The number of carbonyl (C=O) groups excluding carboxylic acids is 3. The van der Waals surface area contributed by atoms with E-state index in [4.69, 9.17) is 25.8 Å². The predicted molar refractivity (Wildman–Crippen MR) is 154 cm³/mol. The third-order valence-electron chi connectivity index (χ3n) is 6.40. The molecule has 1 saturated carbocycles. The van der Waals surface area contributed by atoms with Crippen LogP contribution in [0.1, 0.15) is 76.6 Å². The van der Waals surface area contributed by atoms with Gasteiger partial charge >= 0.3 is 12.1 Å². The molecule has 0 unspecified atom stereocenters. The highest BCUT2D eigenvalue weighted by Crippen LogP contribution is 2.28.